The van der Waals surface area contributed by atoms with Crippen LogP contribution in [0.15, 0.2) is 24.3 Å². The van der Waals surface area contributed by atoms with Gasteiger partial charge in [-0.05, 0) is 62.4 Å². The number of halogens is 1. The Bertz CT molecular complexity index is 505. The van der Waals surface area contributed by atoms with E-state index in [2.05, 4.69) is 11.8 Å². The van der Waals surface area contributed by atoms with Crippen LogP contribution in [0.25, 0.3) is 0 Å². The van der Waals surface area contributed by atoms with Gasteiger partial charge in [0.15, 0.2) is 0 Å². The maximum atomic E-state index is 11.9. The number of nitrogens with zero attached hydrogens (tertiary/aromatic N) is 1. The first-order valence-corrected chi connectivity index (χ1v) is 10.2. The minimum atomic E-state index is -0.734. The molecule has 2 aliphatic rings. The maximum Gasteiger partial charge on any atom is 0.0962 e. The Labute approximate surface area is 152 Å². The van der Waals surface area contributed by atoms with Gasteiger partial charge in [-0.1, -0.05) is 56.3 Å². The van der Waals surface area contributed by atoms with Crippen molar-refractivity contribution in [2.24, 2.45) is 11.8 Å². The Morgan fingerprint density at radius 2 is 1.62 bits per heavy atom. The van der Waals surface area contributed by atoms with Crippen molar-refractivity contribution in [2.45, 2.75) is 63.9 Å². The zero-order chi connectivity index (χ0) is 17.0. The predicted molar refractivity (Wildman–Crippen MR) is 101 cm³/mol. The SMILES string of the molecule is C[C@@H](CN1CCCCC1)[C@](O)(c1ccc(Cl)cc1)C1CCCCC1. The van der Waals surface area contributed by atoms with Crippen molar-refractivity contribution < 1.29 is 5.11 Å². The van der Waals surface area contributed by atoms with Crippen LogP contribution in [0.4, 0.5) is 0 Å². The Morgan fingerprint density at radius 3 is 2.25 bits per heavy atom. The first kappa shape index (κ1) is 18.2. The molecule has 24 heavy (non-hydrogen) atoms. The van der Waals surface area contributed by atoms with Crippen LogP contribution in [-0.4, -0.2) is 29.6 Å². The number of rotatable bonds is 5. The summed E-state index contributed by atoms with van der Waals surface area (Å²) in [6.45, 7) is 5.62. The lowest BCUT2D eigenvalue weighted by molar-refractivity contribution is -0.0917. The number of benzene rings is 1. The molecule has 134 valence electrons. The van der Waals surface area contributed by atoms with Crippen LogP contribution in [0, 0.1) is 11.8 Å². The van der Waals surface area contributed by atoms with Gasteiger partial charge in [-0.2, -0.15) is 0 Å². The molecular weight excluding hydrogens is 318 g/mol. The standard InChI is InChI=1S/C21H32ClNO/c1-17(16-23-14-6-3-7-15-23)21(24,18-8-4-2-5-9-18)19-10-12-20(22)13-11-19/h10-13,17-18,24H,2-9,14-16H2,1H3/t17-,21+/m0/s1. The average molecular weight is 350 g/mol. The molecule has 1 aromatic carbocycles. The zero-order valence-corrected chi connectivity index (χ0v) is 15.8. The molecule has 0 amide bonds. The highest BCUT2D eigenvalue weighted by Crippen LogP contribution is 2.44. The van der Waals surface area contributed by atoms with E-state index in [0.717, 1.165) is 30.0 Å². The lowest BCUT2D eigenvalue weighted by Gasteiger charge is -2.45. The third-order valence-electron chi connectivity index (χ3n) is 6.27. The van der Waals surface area contributed by atoms with Crippen LogP contribution in [-0.2, 0) is 5.60 Å². The molecule has 2 nitrogen and oxygen atoms in total. The molecule has 1 saturated carbocycles. The quantitative estimate of drug-likeness (QED) is 0.786. The fourth-order valence-corrected chi connectivity index (χ4v) is 4.98. The third-order valence-corrected chi connectivity index (χ3v) is 6.52. The summed E-state index contributed by atoms with van der Waals surface area (Å²) < 4.78 is 0. The second-order valence-electron chi connectivity index (χ2n) is 7.93. The van der Waals surface area contributed by atoms with Gasteiger partial charge < -0.3 is 10.0 Å². The number of piperidine rings is 1. The lowest BCUT2D eigenvalue weighted by Crippen LogP contribution is -2.47. The summed E-state index contributed by atoms with van der Waals surface area (Å²) in [5.41, 5.74) is 0.325. The Kier molecular flexibility index (Phi) is 6.23. The minimum Gasteiger partial charge on any atom is -0.385 e. The highest BCUT2D eigenvalue weighted by Gasteiger charge is 2.43. The molecule has 0 spiro atoms. The van der Waals surface area contributed by atoms with E-state index in [9.17, 15) is 5.11 Å². The maximum absolute atomic E-state index is 11.9. The number of likely N-dealkylation sites (tertiary alicyclic amines) is 1. The Balaban J connectivity index is 1.83. The van der Waals surface area contributed by atoms with Gasteiger partial charge in [0.05, 0.1) is 5.60 Å². The normalized spacial score (nSPS) is 24.5. The van der Waals surface area contributed by atoms with E-state index in [1.165, 1.54) is 51.6 Å². The molecule has 0 bridgehead atoms. The molecule has 0 radical (unpaired) electrons. The molecule has 2 fully saturated rings. The van der Waals surface area contributed by atoms with Crippen LogP contribution >= 0.6 is 11.6 Å². The molecule has 0 unspecified atom stereocenters. The molecule has 1 saturated heterocycles. The average Bonchev–Trinajstić information content (AvgIpc) is 2.63. The van der Waals surface area contributed by atoms with Crippen LogP contribution in [0.2, 0.25) is 5.02 Å². The summed E-state index contributed by atoms with van der Waals surface area (Å²) in [6.07, 6.45) is 10.1. The first-order chi connectivity index (χ1) is 11.6. The van der Waals surface area contributed by atoms with E-state index < -0.39 is 5.60 Å². The molecule has 1 aromatic rings. The van der Waals surface area contributed by atoms with Crippen LogP contribution in [0.3, 0.4) is 0 Å². The molecule has 1 N–H and O–H groups in total. The van der Waals surface area contributed by atoms with Crippen molar-refractivity contribution in [1.82, 2.24) is 4.90 Å². The fourth-order valence-electron chi connectivity index (χ4n) is 4.85. The summed E-state index contributed by atoms with van der Waals surface area (Å²) in [7, 11) is 0. The summed E-state index contributed by atoms with van der Waals surface area (Å²) in [5.74, 6) is 0.604. The summed E-state index contributed by atoms with van der Waals surface area (Å²) in [6, 6.07) is 7.95. The predicted octanol–water partition coefficient (Wildman–Crippen LogP) is 5.23. The van der Waals surface area contributed by atoms with E-state index >= 15 is 0 Å². The van der Waals surface area contributed by atoms with Crippen molar-refractivity contribution in [1.29, 1.82) is 0 Å². The highest BCUT2D eigenvalue weighted by atomic mass is 35.5. The summed E-state index contributed by atoms with van der Waals surface area (Å²) >= 11 is 6.09. The van der Waals surface area contributed by atoms with Gasteiger partial charge in [0.1, 0.15) is 0 Å². The van der Waals surface area contributed by atoms with Gasteiger partial charge in [-0.15, -0.1) is 0 Å². The van der Waals surface area contributed by atoms with Crippen LogP contribution < -0.4 is 0 Å². The number of aliphatic hydroxyl groups is 1. The molecule has 1 aliphatic heterocycles. The molecule has 2 atom stereocenters. The monoisotopic (exact) mass is 349 g/mol. The van der Waals surface area contributed by atoms with Gasteiger partial charge in [-0.25, -0.2) is 0 Å². The molecule has 1 aliphatic carbocycles. The number of hydrogen-bond donors (Lipinski definition) is 1. The van der Waals surface area contributed by atoms with Gasteiger partial charge in [0, 0.05) is 17.5 Å². The van der Waals surface area contributed by atoms with Crippen molar-refractivity contribution in [2.75, 3.05) is 19.6 Å². The smallest absolute Gasteiger partial charge is 0.0962 e. The minimum absolute atomic E-state index is 0.236. The van der Waals surface area contributed by atoms with Crippen molar-refractivity contribution in [3.63, 3.8) is 0 Å². The first-order valence-electron chi connectivity index (χ1n) is 9.81. The third kappa shape index (κ3) is 3.98. The Hall–Kier alpha value is -0.570. The molecule has 3 rings (SSSR count). The molecule has 0 aromatic heterocycles. The van der Waals surface area contributed by atoms with Gasteiger partial charge in [0.25, 0.3) is 0 Å². The highest BCUT2D eigenvalue weighted by molar-refractivity contribution is 6.30. The molecule has 3 heteroatoms. The topological polar surface area (TPSA) is 23.5 Å². The van der Waals surface area contributed by atoms with Gasteiger partial charge >= 0.3 is 0 Å². The number of hydrogen-bond acceptors (Lipinski definition) is 2. The van der Waals surface area contributed by atoms with E-state index in [0.29, 0.717) is 5.92 Å². The van der Waals surface area contributed by atoms with Crippen LogP contribution in [0.1, 0.15) is 63.9 Å². The second-order valence-corrected chi connectivity index (χ2v) is 8.37. The van der Waals surface area contributed by atoms with Gasteiger partial charge in [-0.3, -0.25) is 0 Å². The van der Waals surface area contributed by atoms with Crippen LogP contribution in [0.5, 0.6) is 0 Å². The summed E-state index contributed by atoms with van der Waals surface area (Å²) in [5, 5.41) is 12.7. The van der Waals surface area contributed by atoms with E-state index in [1.807, 2.05) is 24.3 Å². The lowest BCUT2D eigenvalue weighted by atomic mass is 9.67. The second kappa shape index (κ2) is 8.21. The largest absolute Gasteiger partial charge is 0.385 e. The Morgan fingerprint density at radius 1 is 1.04 bits per heavy atom. The van der Waals surface area contributed by atoms with E-state index in [-0.39, 0.29) is 5.92 Å². The summed E-state index contributed by atoms with van der Waals surface area (Å²) in [4.78, 5) is 2.55. The zero-order valence-electron chi connectivity index (χ0n) is 15.0. The van der Waals surface area contributed by atoms with E-state index in [1.54, 1.807) is 0 Å². The molecule has 1 heterocycles. The van der Waals surface area contributed by atoms with Gasteiger partial charge in [0.2, 0.25) is 0 Å². The molecular formula is C21H32ClNO. The van der Waals surface area contributed by atoms with Crippen molar-refractivity contribution >= 4 is 11.6 Å². The fraction of sp³-hybridized carbons (Fsp3) is 0.714. The van der Waals surface area contributed by atoms with E-state index in [4.69, 9.17) is 11.6 Å². The van der Waals surface area contributed by atoms with Crippen molar-refractivity contribution in [3.05, 3.63) is 34.9 Å². The van der Waals surface area contributed by atoms with Crippen molar-refractivity contribution in [3.8, 4) is 0 Å².